The number of rotatable bonds is 4. The third-order valence-corrected chi connectivity index (χ3v) is 2.08. The molecule has 0 spiro atoms. The Morgan fingerprint density at radius 3 is 2.59 bits per heavy atom. The molecular formula is C11H10F4N2. The number of alkyl halides is 3. The van der Waals surface area contributed by atoms with Crippen molar-refractivity contribution in [2.45, 2.75) is 19.1 Å². The molecule has 0 saturated heterocycles. The molecule has 0 aliphatic carbocycles. The van der Waals surface area contributed by atoms with Crippen LogP contribution in [0.1, 0.15) is 17.5 Å². The van der Waals surface area contributed by atoms with Gasteiger partial charge in [0, 0.05) is 18.7 Å². The predicted octanol–water partition coefficient (Wildman–Crippen LogP) is 2.74. The zero-order chi connectivity index (χ0) is 12.9. The maximum Gasteiger partial charge on any atom is 0.390 e. The number of benzene rings is 1. The molecule has 0 atom stereocenters. The molecule has 0 amide bonds. The van der Waals surface area contributed by atoms with Crippen LogP contribution in [-0.4, -0.2) is 12.7 Å². The molecule has 2 nitrogen and oxygen atoms in total. The van der Waals surface area contributed by atoms with Gasteiger partial charge >= 0.3 is 6.18 Å². The third-order valence-electron chi connectivity index (χ3n) is 2.08. The second kappa shape index (κ2) is 5.64. The van der Waals surface area contributed by atoms with Crippen molar-refractivity contribution in [3.63, 3.8) is 0 Å². The van der Waals surface area contributed by atoms with Gasteiger partial charge in [-0.25, -0.2) is 4.39 Å². The van der Waals surface area contributed by atoms with Gasteiger partial charge in [0.15, 0.2) is 0 Å². The number of nitrogens with one attached hydrogen (secondary N) is 1. The molecule has 0 aromatic heterocycles. The van der Waals surface area contributed by atoms with Crippen LogP contribution in [0.4, 0.5) is 17.6 Å². The normalized spacial score (nSPS) is 11.2. The monoisotopic (exact) mass is 246 g/mol. The smallest absolute Gasteiger partial charge is 0.312 e. The fraction of sp³-hybridized carbons (Fsp3) is 0.364. The average Bonchev–Trinajstić information content (AvgIpc) is 2.25. The van der Waals surface area contributed by atoms with Gasteiger partial charge in [-0.15, -0.1) is 0 Å². The summed E-state index contributed by atoms with van der Waals surface area (Å²) >= 11 is 0. The highest BCUT2D eigenvalue weighted by Gasteiger charge is 2.25. The Morgan fingerprint density at radius 2 is 2.00 bits per heavy atom. The van der Waals surface area contributed by atoms with Crippen LogP contribution in [0.2, 0.25) is 0 Å². The van der Waals surface area contributed by atoms with Gasteiger partial charge in [-0.3, -0.25) is 0 Å². The zero-order valence-corrected chi connectivity index (χ0v) is 8.81. The topological polar surface area (TPSA) is 35.8 Å². The van der Waals surface area contributed by atoms with E-state index in [1.54, 1.807) is 0 Å². The number of nitriles is 1. The molecule has 0 aliphatic rings. The molecular weight excluding hydrogens is 236 g/mol. The lowest BCUT2D eigenvalue weighted by Crippen LogP contribution is -2.21. The van der Waals surface area contributed by atoms with E-state index in [9.17, 15) is 17.6 Å². The molecule has 1 N–H and O–H groups in total. The average molecular weight is 246 g/mol. The van der Waals surface area contributed by atoms with E-state index in [2.05, 4.69) is 5.32 Å². The summed E-state index contributed by atoms with van der Waals surface area (Å²) in [5.41, 5.74) is 0.463. The Balaban J connectivity index is 2.49. The van der Waals surface area contributed by atoms with Gasteiger partial charge in [-0.1, -0.05) is 0 Å². The van der Waals surface area contributed by atoms with Crippen molar-refractivity contribution in [1.29, 1.82) is 5.26 Å². The largest absolute Gasteiger partial charge is 0.390 e. The van der Waals surface area contributed by atoms with E-state index in [0.717, 1.165) is 6.07 Å². The summed E-state index contributed by atoms with van der Waals surface area (Å²) in [6.45, 7) is -0.308. The first-order chi connectivity index (χ1) is 7.92. The lowest BCUT2D eigenvalue weighted by molar-refractivity contribution is -0.133. The van der Waals surface area contributed by atoms with E-state index in [4.69, 9.17) is 5.26 Å². The second-order valence-electron chi connectivity index (χ2n) is 3.46. The Bertz CT molecular complexity index is 420. The lowest BCUT2D eigenvalue weighted by Gasteiger charge is -2.08. The molecule has 17 heavy (non-hydrogen) atoms. The van der Waals surface area contributed by atoms with Crippen LogP contribution in [0.5, 0.6) is 0 Å². The minimum Gasteiger partial charge on any atom is -0.312 e. The fourth-order valence-corrected chi connectivity index (χ4v) is 1.23. The van der Waals surface area contributed by atoms with Gasteiger partial charge in [0.05, 0.1) is 18.1 Å². The highest BCUT2D eigenvalue weighted by Crippen LogP contribution is 2.18. The summed E-state index contributed by atoms with van der Waals surface area (Å²) in [5.74, 6) is -0.538. The second-order valence-corrected chi connectivity index (χ2v) is 3.46. The van der Waals surface area contributed by atoms with Crippen LogP contribution >= 0.6 is 0 Å². The lowest BCUT2D eigenvalue weighted by atomic mass is 10.1. The van der Waals surface area contributed by atoms with E-state index >= 15 is 0 Å². The summed E-state index contributed by atoms with van der Waals surface area (Å²) in [5, 5.41) is 11.1. The zero-order valence-electron chi connectivity index (χ0n) is 8.81. The molecule has 0 radical (unpaired) electrons. The molecule has 0 aliphatic heterocycles. The first-order valence-electron chi connectivity index (χ1n) is 4.88. The van der Waals surface area contributed by atoms with Crippen molar-refractivity contribution < 1.29 is 17.6 Å². The van der Waals surface area contributed by atoms with E-state index < -0.39 is 18.4 Å². The van der Waals surface area contributed by atoms with Crippen molar-refractivity contribution in [2.75, 3.05) is 6.54 Å². The molecule has 1 rings (SSSR count). The van der Waals surface area contributed by atoms with E-state index in [1.165, 1.54) is 12.1 Å². The Hall–Kier alpha value is -1.61. The minimum absolute atomic E-state index is 0.0303. The van der Waals surface area contributed by atoms with Crippen molar-refractivity contribution in [1.82, 2.24) is 5.32 Å². The molecule has 6 heteroatoms. The Kier molecular flexibility index (Phi) is 4.46. The first-order valence-corrected chi connectivity index (χ1v) is 4.88. The number of hydrogen-bond acceptors (Lipinski definition) is 2. The van der Waals surface area contributed by atoms with Gasteiger partial charge in [0.1, 0.15) is 5.82 Å². The van der Waals surface area contributed by atoms with Crippen molar-refractivity contribution in [3.05, 3.63) is 35.1 Å². The van der Waals surface area contributed by atoms with Gasteiger partial charge in [0.2, 0.25) is 0 Å². The molecule has 1 aromatic rings. The highest BCUT2D eigenvalue weighted by molar-refractivity contribution is 5.33. The molecule has 0 heterocycles. The maximum atomic E-state index is 13.2. The quantitative estimate of drug-likeness (QED) is 0.655. The Labute approximate surface area is 95.9 Å². The summed E-state index contributed by atoms with van der Waals surface area (Å²) in [6, 6.07) is 5.59. The summed E-state index contributed by atoms with van der Waals surface area (Å²) in [6.07, 6.45) is -5.19. The van der Waals surface area contributed by atoms with Crippen LogP contribution in [0, 0.1) is 17.1 Å². The van der Waals surface area contributed by atoms with Crippen LogP contribution in [0.15, 0.2) is 18.2 Å². The van der Waals surface area contributed by atoms with Gasteiger partial charge in [-0.2, -0.15) is 18.4 Å². The SMILES string of the molecule is N#Cc1ccc(F)c(CNCCC(F)(F)F)c1. The van der Waals surface area contributed by atoms with Gasteiger partial charge in [0.25, 0.3) is 0 Å². The highest BCUT2D eigenvalue weighted by atomic mass is 19.4. The van der Waals surface area contributed by atoms with E-state index in [1.807, 2.05) is 6.07 Å². The molecule has 0 fully saturated rings. The van der Waals surface area contributed by atoms with Crippen molar-refractivity contribution in [2.24, 2.45) is 0 Å². The molecule has 0 unspecified atom stereocenters. The number of nitrogens with zero attached hydrogens (tertiary/aromatic N) is 1. The van der Waals surface area contributed by atoms with Crippen LogP contribution in [0.3, 0.4) is 0 Å². The van der Waals surface area contributed by atoms with Crippen molar-refractivity contribution >= 4 is 0 Å². The van der Waals surface area contributed by atoms with Gasteiger partial charge in [-0.05, 0) is 18.2 Å². The van der Waals surface area contributed by atoms with Crippen molar-refractivity contribution in [3.8, 4) is 6.07 Å². The summed E-state index contributed by atoms with van der Waals surface area (Å²) in [7, 11) is 0. The number of halogens is 4. The molecule has 0 saturated carbocycles. The summed E-state index contributed by atoms with van der Waals surface area (Å²) < 4.78 is 48.7. The number of hydrogen-bond donors (Lipinski definition) is 1. The Morgan fingerprint density at radius 1 is 1.29 bits per heavy atom. The predicted molar refractivity (Wildman–Crippen MR) is 53.5 cm³/mol. The first kappa shape index (κ1) is 13.5. The summed E-state index contributed by atoms with van der Waals surface area (Å²) in [4.78, 5) is 0. The fourth-order valence-electron chi connectivity index (χ4n) is 1.23. The van der Waals surface area contributed by atoms with Crippen LogP contribution < -0.4 is 5.32 Å². The van der Waals surface area contributed by atoms with Crippen LogP contribution in [-0.2, 0) is 6.54 Å². The van der Waals surface area contributed by atoms with Crippen LogP contribution in [0.25, 0.3) is 0 Å². The third kappa shape index (κ3) is 4.83. The maximum absolute atomic E-state index is 13.2. The van der Waals surface area contributed by atoms with E-state index in [-0.39, 0.29) is 24.2 Å². The van der Waals surface area contributed by atoms with Gasteiger partial charge < -0.3 is 5.32 Å². The molecule has 92 valence electrons. The molecule has 0 bridgehead atoms. The standard InChI is InChI=1S/C11H10F4N2/c12-10-2-1-8(6-16)5-9(10)7-17-4-3-11(13,14)15/h1-2,5,17H,3-4,7H2. The van der Waals surface area contributed by atoms with E-state index in [0.29, 0.717) is 0 Å². The molecule has 1 aromatic carbocycles. The minimum atomic E-state index is -4.22.